The highest BCUT2D eigenvalue weighted by Crippen LogP contribution is 2.39. The van der Waals surface area contributed by atoms with Gasteiger partial charge in [0.15, 0.2) is 0 Å². The molecule has 26 heavy (non-hydrogen) atoms. The number of hydrogen-bond donors (Lipinski definition) is 3. The van der Waals surface area contributed by atoms with Crippen LogP contribution >= 0.6 is 12.4 Å². The zero-order valence-electron chi connectivity index (χ0n) is 15.5. The van der Waals surface area contributed by atoms with Crippen LogP contribution < -0.4 is 16.4 Å². The number of halogens is 1. The highest BCUT2D eigenvalue weighted by Gasteiger charge is 2.39. The van der Waals surface area contributed by atoms with Crippen LogP contribution in [0.1, 0.15) is 56.3 Å². The molecule has 0 aromatic heterocycles. The zero-order chi connectivity index (χ0) is 18.0. The number of anilines is 1. The predicted octanol–water partition coefficient (Wildman–Crippen LogP) is 3.34. The van der Waals surface area contributed by atoms with Gasteiger partial charge >= 0.3 is 0 Å². The molecule has 4 N–H and O–H groups in total. The lowest BCUT2D eigenvalue weighted by molar-refractivity contribution is -0.118. The fraction of sp³-hybridized carbons (Fsp3) is 0.600. The average Bonchev–Trinajstić information content (AvgIpc) is 2.56. The molecule has 0 heterocycles. The minimum Gasteiger partial charge on any atom is -0.349 e. The third kappa shape index (κ3) is 4.77. The smallest absolute Gasteiger partial charge is 0.251 e. The summed E-state index contributed by atoms with van der Waals surface area (Å²) in [6, 6.07) is 7.65. The largest absolute Gasteiger partial charge is 0.349 e. The average molecular weight is 380 g/mol. The molecule has 3 rings (SSSR count). The Balaban J connectivity index is 0.00000243. The van der Waals surface area contributed by atoms with Crippen molar-refractivity contribution in [1.82, 2.24) is 5.32 Å². The SMILES string of the molecule is CC(C)C(=O)Nc1ccc(C(=O)NC2C3CCCC2CC(N)C3)cc1.Cl. The quantitative estimate of drug-likeness (QED) is 0.750. The lowest BCUT2D eigenvalue weighted by Crippen LogP contribution is -2.53. The van der Waals surface area contributed by atoms with Gasteiger partial charge in [-0.15, -0.1) is 12.4 Å². The molecule has 144 valence electrons. The minimum atomic E-state index is -0.0694. The molecule has 2 saturated carbocycles. The third-order valence-corrected chi connectivity index (χ3v) is 5.61. The first kappa shape index (κ1) is 20.7. The second-order valence-electron chi connectivity index (χ2n) is 7.90. The fourth-order valence-electron chi connectivity index (χ4n) is 4.25. The Hall–Kier alpha value is -1.59. The third-order valence-electron chi connectivity index (χ3n) is 5.61. The van der Waals surface area contributed by atoms with Crippen LogP contribution in [0, 0.1) is 17.8 Å². The zero-order valence-corrected chi connectivity index (χ0v) is 16.4. The van der Waals surface area contributed by atoms with Gasteiger partial charge in [0.05, 0.1) is 0 Å². The molecule has 2 fully saturated rings. The first-order valence-corrected chi connectivity index (χ1v) is 9.41. The van der Waals surface area contributed by atoms with E-state index in [2.05, 4.69) is 10.6 Å². The number of benzene rings is 1. The van der Waals surface area contributed by atoms with E-state index in [1.54, 1.807) is 24.3 Å². The Morgan fingerprint density at radius 3 is 2.19 bits per heavy atom. The maximum atomic E-state index is 12.6. The molecule has 2 unspecified atom stereocenters. The second kappa shape index (κ2) is 8.87. The topological polar surface area (TPSA) is 84.2 Å². The van der Waals surface area contributed by atoms with E-state index >= 15 is 0 Å². The molecule has 2 aliphatic rings. The molecule has 1 aromatic rings. The first-order valence-electron chi connectivity index (χ1n) is 9.41. The number of carbonyl (C=O) groups excluding carboxylic acids is 2. The number of amides is 2. The van der Waals surface area contributed by atoms with Crippen molar-refractivity contribution >= 4 is 29.9 Å². The van der Waals surface area contributed by atoms with Gasteiger partial charge in [0, 0.05) is 29.3 Å². The summed E-state index contributed by atoms with van der Waals surface area (Å²) >= 11 is 0. The highest BCUT2D eigenvalue weighted by molar-refractivity contribution is 5.96. The number of carbonyl (C=O) groups is 2. The molecule has 5 nitrogen and oxygen atoms in total. The molecule has 1 aromatic carbocycles. The molecular formula is C20H30ClN3O2. The molecule has 0 aliphatic heterocycles. The number of fused-ring (bicyclic) bond motifs is 2. The molecule has 0 saturated heterocycles. The molecule has 2 atom stereocenters. The summed E-state index contributed by atoms with van der Waals surface area (Å²) in [5.74, 6) is 0.898. The molecule has 2 bridgehead atoms. The fourth-order valence-corrected chi connectivity index (χ4v) is 4.25. The Kier molecular flexibility index (Phi) is 7.07. The Morgan fingerprint density at radius 2 is 1.65 bits per heavy atom. The number of hydrogen-bond acceptors (Lipinski definition) is 3. The first-order chi connectivity index (χ1) is 11.9. The normalized spacial score (nSPS) is 27.4. The van der Waals surface area contributed by atoms with Crippen molar-refractivity contribution < 1.29 is 9.59 Å². The summed E-state index contributed by atoms with van der Waals surface area (Å²) in [4.78, 5) is 24.4. The van der Waals surface area contributed by atoms with Crippen LogP contribution in [0.2, 0.25) is 0 Å². The Labute approximate surface area is 161 Å². The van der Waals surface area contributed by atoms with Crippen molar-refractivity contribution in [1.29, 1.82) is 0 Å². The summed E-state index contributed by atoms with van der Waals surface area (Å²) in [7, 11) is 0. The van der Waals surface area contributed by atoms with Gasteiger partial charge in [0.1, 0.15) is 0 Å². The predicted molar refractivity (Wildman–Crippen MR) is 106 cm³/mol. The van der Waals surface area contributed by atoms with Crippen LogP contribution in [-0.4, -0.2) is 23.9 Å². The molecule has 2 amide bonds. The van der Waals surface area contributed by atoms with Gasteiger partial charge in [0.2, 0.25) is 5.91 Å². The summed E-state index contributed by atoms with van der Waals surface area (Å²) in [5, 5.41) is 6.10. The van der Waals surface area contributed by atoms with Gasteiger partial charge in [-0.2, -0.15) is 0 Å². The number of rotatable bonds is 4. The van der Waals surface area contributed by atoms with Crippen LogP contribution in [0.3, 0.4) is 0 Å². The highest BCUT2D eigenvalue weighted by atomic mass is 35.5. The van der Waals surface area contributed by atoms with E-state index in [4.69, 9.17) is 5.73 Å². The van der Waals surface area contributed by atoms with Crippen molar-refractivity contribution in [3.05, 3.63) is 29.8 Å². The number of nitrogens with one attached hydrogen (secondary N) is 2. The van der Waals surface area contributed by atoms with Crippen molar-refractivity contribution in [3.63, 3.8) is 0 Å². The van der Waals surface area contributed by atoms with Gasteiger partial charge < -0.3 is 16.4 Å². The molecule has 2 aliphatic carbocycles. The van der Waals surface area contributed by atoms with Crippen molar-refractivity contribution in [2.45, 2.75) is 58.0 Å². The van der Waals surface area contributed by atoms with E-state index in [1.165, 1.54) is 6.42 Å². The van der Waals surface area contributed by atoms with Gasteiger partial charge in [-0.1, -0.05) is 20.3 Å². The summed E-state index contributed by atoms with van der Waals surface area (Å²) < 4.78 is 0. The van der Waals surface area contributed by atoms with E-state index in [-0.39, 0.29) is 42.2 Å². The Bertz CT molecular complexity index is 618. The van der Waals surface area contributed by atoms with Gasteiger partial charge in [0.25, 0.3) is 5.91 Å². The van der Waals surface area contributed by atoms with Gasteiger partial charge in [-0.3, -0.25) is 9.59 Å². The maximum absolute atomic E-state index is 12.6. The van der Waals surface area contributed by atoms with Crippen LogP contribution in [-0.2, 0) is 4.79 Å². The van der Waals surface area contributed by atoms with Crippen molar-refractivity contribution in [2.24, 2.45) is 23.5 Å². The molecular weight excluding hydrogens is 350 g/mol. The van der Waals surface area contributed by atoms with Crippen LogP contribution in [0.15, 0.2) is 24.3 Å². The van der Waals surface area contributed by atoms with E-state index in [0.29, 0.717) is 17.4 Å². The number of nitrogens with two attached hydrogens (primary N) is 1. The van der Waals surface area contributed by atoms with Crippen LogP contribution in [0.25, 0.3) is 0 Å². The molecule has 0 radical (unpaired) electrons. The van der Waals surface area contributed by atoms with E-state index in [1.807, 2.05) is 13.8 Å². The van der Waals surface area contributed by atoms with E-state index in [9.17, 15) is 9.59 Å². The lowest BCUT2D eigenvalue weighted by atomic mass is 9.67. The standard InChI is InChI=1S/C20H29N3O2.ClH/c1-12(2)19(24)22-17-8-6-13(7-9-17)20(25)23-18-14-4-3-5-15(18)11-16(21)10-14;/h6-9,12,14-16,18H,3-5,10-11,21H2,1-2H3,(H,22,24)(H,23,25);1H. The maximum Gasteiger partial charge on any atom is 0.251 e. The van der Waals surface area contributed by atoms with Gasteiger partial charge in [-0.25, -0.2) is 0 Å². The van der Waals surface area contributed by atoms with Crippen molar-refractivity contribution in [2.75, 3.05) is 5.32 Å². The summed E-state index contributed by atoms with van der Waals surface area (Å²) in [6.07, 6.45) is 5.60. The summed E-state index contributed by atoms with van der Waals surface area (Å²) in [6.45, 7) is 3.70. The summed E-state index contributed by atoms with van der Waals surface area (Å²) in [5.41, 5.74) is 7.51. The molecule has 0 spiro atoms. The second-order valence-corrected chi connectivity index (χ2v) is 7.90. The van der Waals surface area contributed by atoms with Crippen LogP contribution in [0.5, 0.6) is 0 Å². The van der Waals surface area contributed by atoms with Crippen molar-refractivity contribution in [3.8, 4) is 0 Å². The Morgan fingerprint density at radius 1 is 1.08 bits per heavy atom. The van der Waals surface area contributed by atoms with Crippen LogP contribution in [0.4, 0.5) is 5.69 Å². The van der Waals surface area contributed by atoms with E-state index < -0.39 is 0 Å². The van der Waals surface area contributed by atoms with Gasteiger partial charge in [-0.05, 0) is 61.8 Å². The monoisotopic (exact) mass is 379 g/mol. The molecule has 6 heteroatoms. The minimum absolute atomic E-state index is 0. The van der Waals surface area contributed by atoms with E-state index in [0.717, 1.165) is 31.4 Å². The lowest BCUT2D eigenvalue weighted by Gasteiger charge is -2.45.